The minimum atomic E-state index is -0.659. The molecule has 0 saturated heterocycles. The Hall–Kier alpha value is -3.80. The number of halogens is 1. The first-order valence-electron chi connectivity index (χ1n) is 11.1. The van der Waals surface area contributed by atoms with Gasteiger partial charge in [0.1, 0.15) is 17.6 Å². The minimum absolute atomic E-state index is 0.119. The average Bonchev–Trinajstić information content (AvgIpc) is 3.61. The summed E-state index contributed by atoms with van der Waals surface area (Å²) in [6.07, 6.45) is 1.58. The summed E-state index contributed by atoms with van der Waals surface area (Å²) in [6, 6.07) is 10.4. The molecule has 0 fully saturated rings. The number of benzene rings is 1. The van der Waals surface area contributed by atoms with Crippen molar-refractivity contribution in [3.05, 3.63) is 105 Å². The van der Waals surface area contributed by atoms with E-state index in [9.17, 15) is 19.7 Å². The van der Waals surface area contributed by atoms with Gasteiger partial charge < -0.3 is 9.15 Å². The van der Waals surface area contributed by atoms with Crippen molar-refractivity contribution in [3.8, 4) is 11.3 Å². The van der Waals surface area contributed by atoms with Crippen molar-refractivity contribution in [2.24, 2.45) is 4.99 Å². The number of nitrogens with zero attached hydrogens (tertiary/aromatic N) is 3. The standard InChI is InChI=1S/C25H18ClN3O6S2/c1-3-34-24(31)21-13(2)27-25-28(22(21)19-5-4-10-36-19)23(30)20(37-25)12-15-7-9-18(35-15)16-11-14(29(32)33)6-8-17(16)26/h4-12,22H,3H2,1-2H3/b20-12-/t22-/m0/s1. The maximum Gasteiger partial charge on any atom is 0.338 e. The molecule has 188 valence electrons. The normalized spacial score (nSPS) is 15.4. The van der Waals surface area contributed by atoms with Crippen LogP contribution >= 0.6 is 34.3 Å². The molecule has 4 aromatic rings. The number of carbonyl (C=O) groups excluding carboxylic acids is 1. The Balaban J connectivity index is 1.61. The lowest BCUT2D eigenvalue weighted by Gasteiger charge is -2.23. The number of furan rings is 1. The summed E-state index contributed by atoms with van der Waals surface area (Å²) >= 11 is 8.85. The second-order valence-corrected chi connectivity index (χ2v) is 10.3. The van der Waals surface area contributed by atoms with Crippen molar-refractivity contribution in [1.29, 1.82) is 0 Å². The van der Waals surface area contributed by atoms with Gasteiger partial charge in [-0.3, -0.25) is 19.5 Å². The van der Waals surface area contributed by atoms with Gasteiger partial charge in [0.05, 0.1) is 32.4 Å². The predicted molar refractivity (Wildman–Crippen MR) is 141 cm³/mol. The Morgan fingerprint density at radius 1 is 1.32 bits per heavy atom. The number of fused-ring (bicyclic) bond motifs is 1. The number of rotatable bonds is 6. The molecule has 3 aromatic heterocycles. The van der Waals surface area contributed by atoms with E-state index in [4.69, 9.17) is 20.8 Å². The first-order chi connectivity index (χ1) is 17.8. The molecule has 0 unspecified atom stereocenters. The number of nitro groups is 1. The van der Waals surface area contributed by atoms with Crippen molar-refractivity contribution < 1.29 is 18.9 Å². The van der Waals surface area contributed by atoms with Gasteiger partial charge in [0, 0.05) is 28.6 Å². The van der Waals surface area contributed by atoms with Crippen LogP contribution in [0.2, 0.25) is 5.02 Å². The molecule has 0 aliphatic carbocycles. The molecule has 0 radical (unpaired) electrons. The van der Waals surface area contributed by atoms with Crippen LogP contribution in [0, 0.1) is 10.1 Å². The van der Waals surface area contributed by atoms with Gasteiger partial charge in [-0.05, 0) is 43.5 Å². The Bertz CT molecular complexity index is 1750. The fraction of sp³-hybridized carbons (Fsp3) is 0.160. The summed E-state index contributed by atoms with van der Waals surface area (Å²) in [5, 5.41) is 13.3. The minimum Gasteiger partial charge on any atom is -0.463 e. The molecule has 1 atom stereocenters. The third-order valence-electron chi connectivity index (χ3n) is 5.66. The van der Waals surface area contributed by atoms with Crippen LogP contribution in [-0.4, -0.2) is 22.1 Å². The van der Waals surface area contributed by atoms with E-state index in [0.29, 0.717) is 42.7 Å². The smallest absolute Gasteiger partial charge is 0.338 e. The van der Waals surface area contributed by atoms with Gasteiger partial charge in [0.15, 0.2) is 4.80 Å². The Morgan fingerprint density at radius 3 is 2.84 bits per heavy atom. The summed E-state index contributed by atoms with van der Waals surface area (Å²) in [4.78, 5) is 42.9. The van der Waals surface area contributed by atoms with Gasteiger partial charge in [0.2, 0.25) is 0 Å². The van der Waals surface area contributed by atoms with Crippen LogP contribution in [0.15, 0.2) is 73.3 Å². The van der Waals surface area contributed by atoms with E-state index >= 15 is 0 Å². The molecule has 0 saturated carbocycles. The van der Waals surface area contributed by atoms with Crippen LogP contribution in [0.25, 0.3) is 17.4 Å². The highest BCUT2D eigenvalue weighted by atomic mass is 35.5. The highest BCUT2D eigenvalue weighted by molar-refractivity contribution is 7.10. The number of ether oxygens (including phenoxy) is 1. The van der Waals surface area contributed by atoms with Crippen molar-refractivity contribution in [2.75, 3.05) is 6.61 Å². The van der Waals surface area contributed by atoms with Crippen LogP contribution in [0.1, 0.15) is 30.5 Å². The fourth-order valence-electron chi connectivity index (χ4n) is 4.03. The number of non-ortho nitro benzene ring substituents is 1. The van der Waals surface area contributed by atoms with E-state index in [1.54, 1.807) is 32.1 Å². The van der Waals surface area contributed by atoms with Crippen LogP contribution in [-0.2, 0) is 9.53 Å². The maximum absolute atomic E-state index is 13.6. The summed E-state index contributed by atoms with van der Waals surface area (Å²) in [5.41, 5.74) is 0.730. The number of hydrogen-bond donors (Lipinski definition) is 0. The zero-order valence-corrected chi connectivity index (χ0v) is 21.9. The van der Waals surface area contributed by atoms with Crippen molar-refractivity contribution in [1.82, 2.24) is 4.57 Å². The molecule has 0 N–H and O–H groups in total. The van der Waals surface area contributed by atoms with Crippen LogP contribution in [0.5, 0.6) is 0 Å². The summed E-state index contributed by atoms with van der Waals surface area (Å²) in [7, 11) is 0. The molecule has 37 heavy (non-hydrogen) atoms. The van der Waals surface area contributed by atoms with E-state index in [2.05, 4.69) is 4.99 Å². The number of esters is 1. The molecule has 1 aliphatic rings. The SMILES string of the molecule is CCOC(=O)C1=C(C)N=c2s/c(=C\c3ccc(-c4cc([N+](=O)[O-])ccc4Cl)o3)c(=O)n2[C@H]1c1cccs1. The van der Waals surface area contributed by atoms with E-state index in [-0.39, 0.29) is 17.9 Å². The van der Waals surface area contributed by atoms with Gasteiger partial charge in [0.25, 0.3) is 11.2 Å². The van der Waals surface area contributed by atoms with Crippen LogP contribution in [0.3, 0.4) is 0 Å². The number of aromatic nitrogens is 1. The largest absolute Gasteiger partial charge is 0.463 e. The van der Waals surface area contributed by atoms with E-state index in [1.165, 1.54) is 45.4 Å². The molecule has 12 heteroatoms. The highest BCUT2D eigenvalue weighted by Gasteiger charge is 2.33. The average molecular weight is 556 g/mol. The Morgan fingerprint density at radius 2 is 2.14 bits per heavy atom. The Labute approximate surface area is 222 Å². The predicted octanol–water partition coefficient (Wildman–Crippen LogP) is 4.68. The molecule has 0 amide bonds. The molecule has 0 spiro atoms. The van der Waals surface area contributed by atoms with E-state index in [1.807, 2.05) is 17.5 Å². The molecule has 1 aromatic carbocycles. The number of hydrogen-bond acceptors (Lipinski definition) is 9. The zero-order chi connectivity index (χ0) is 26.3. The lowest BCUT2D eigenvalue weighted by molar-refractivity contribution is -0.384. The van der Waals surface area contributed by atoms with Gasteiger partial charge in [-0.15, -0.1) is 11.3 Å². The first kappa shape index (κ1) is 24.9. The third kappa shape index (κ3) is 4.57. The summed E-state index contributed by atoms with van der Waals surface area (Å²) < 4.78 is 13.0. The molecule has 5 rings (SSSR count). The van der Waals surface area contributed by atoms with Gasteiger partial charge in [-0.25, -0.2) is 9.79 Å². The monoisotopic (exact) mass is 555 g/mol. The molecule has 1 aliphatic heterocycles. The van der Waals surface area contributed by atoms with Crippen molar-refractivity contribution in [2.45, 2.75) is 19.9 Å². The van der Waals surface area contributed by atoms with E-state index in [0.717, 1.165) is 4.88 Å². The molecule has 0 bridgehead atoms. The van der Waals surface area contributed by atoms with Crippen molar-refractivity contribution >= 4 is 52.0 Å². The van der Waals surface area contributed by atoms with Gasteiger partial charge in [-0.1, -0.05) is 29.0 Å². The molecule has 4 heterocycles. The number of carbonyl (C=O) groups is 1. The van der Waals surface area contributed by atoms with E-state index < -0.39 is 16.9 Å². The van der Waals surface area contributed by atoms with Gasteiger partial charge >= 0.3 is 5.97 Å². The quantitative estimate of drug-likeness (QED) is 0.194. The van der Waals surface area contributed by atoms with Crippen LogP contribution < -0.4 is 14.9 Å². The number of thiazole rings is 1. The van der Waals surface area contributed by atoms with Crippen LogP contribution in [0.4, 0.5) is 5.69 Å². The lowest BCUT2D eigenvalue weighted by atomic mass is 10.0. The second-order valence-electron chi connectivity index (χ2n) is 7.94. The number of allylic oxidation sites excluding steroid dienone is 1. The fourth-order valence-corrected chi connectivity index (χ4v) is 6.09. The maximum atomic E-state index is 13.6. The second kappa shape index (κ2) is 9.92. The number of thiophene rings is 1. The Kier molecular flexibility index (Phi) is 6.67. The first-order valence-corrected chi connectivity index (χ1v) is 13.1. The summed E-state index contributed by atoms with van der Waals surface area (Å²) in [6.45, 7) is 3.65. The third-order valence-corrected chi connectivity index (χ3v) is 7.89. The highest BCUT2D eigenvalue weighted by Crippen LogP contribution is 2.34. The molecular weight excluding hydrogens is 538 g/mol. The van der Waals surface area contributed by atoms with Gasteiger partial charge in [-0.2, -0.15) is 0 Å². The lowest BCUT2D eigenvalue weighted by Crippen LogP contribution is -2.39. The summed E-state index contributed by atoms with van der Waals surface area (Å²) in [5.74, 6) is 0.169. The molecule has 9 nitrogen and oxygen atoms in total. The number of nitro benzene ring substituents is 1. The van der Waals surface area contributed by atoms with Crippen molar-refractivity contribution in [3.63, 3.8) is 0 Å². The zero-order valence-electron chi connectivity index (χ0n) is 19.5. The topological polar surface area (TPSA) is 117 Å². The molecular formula is C25H18ClN3O6S2.